The second kappa shape index (κ2) is 15.9. The van der Waals surface area contributed by atoms with Crippen LogP contribution in [0.25, 0.3) is 0 Å². The number of hydrogen-bond acceptors (Lipinski definition) is 8. The third kappa shape index (κ3) is 9.93. The van der Waals surface area contributed by atoms with Gasteiger partial charge in [0.05, 0.1) is 37.9 Å². The molecule has 2 atom stereocenters. The molecular formula is C29H42N2O8S2. The third-order valence-electron chi connectivity index (χ3n) is 7.27. The van der Waals surface area contributed by atoms with Gasteiger partial charge in [-0.25, -0.2) is 16.8 Å². The van der Waals surface area contributed by atoms with Crippen LogP contribution in [0.3, 0.4) is 0 Å². The summed E-state index contributed by atoms with van der Waals surface area (Å²) in [5, 5.41) is 0. The van der Waals surface area contributed by atoms with Crippen molar-refractivity contribution in [3.63, 3.8) is 0 Å². The summed E-state index contributed by atoms with van der Waals surface area (Å²) in [6, 6.07) is 18.2. The number of para-hydroxylation sites is 2. The Labute approximate surface area is 244 Å². The quantitative estimate of drug-likeness (QED) is 0.186. The molecule has 2 aliphatic rings. The van der Waals surface area contributed by atoms with E-state index in [-0.39, 0.29) is 43.6 Å². The summed E-state index contributed by atoms with van der Waals surface area (Å²) in [4.78, 5) is 0. The first-order valence-electron chi connectivity index (χ1n) is 14.4. The van der Waals surface area contributed by atoms with E-state index in [4.69, 9.17) is 18.9 Å². The zero-order valence-electron chi connectivity index (χ0n) is 23.5. The van der Waals surface area contributed by atoms with Crippen molar-refractivity contribution >= 4 is 20.0 Å². The highest BCUT2D eigenvalue weighted by Gasteiger charge is 2.35. The van der Waals surface area contributed by atoms with E-state index >= 15 is 0 Å². The van der Waals surface area contributed by atoms with E-state index in [1.165, 1.54) is 0 Å². The van der Waals surface area contributed by atoms with Crippen LogP contribution in [0.5, 0.6) is 11.5 Å². The third-order valence-corrected chi connectivity index (χ3v) is 11.3. The van der Waals surface area contributed by atoms with E-state index in [0.29, 0.717) is 39.1 Å². The summed E-state index contributed by atoms with van der Waals surface area (Å²) in [5.41, 5.74) is 0. The predicted molar refractivity (Wildman–Crippen MR) is 157 cm³/mol. The smallest absolute Gasteiger partial charge is 0.214 e. The van der Waals surface area contributed by atoms with Crippen LogP contribution in [0.15, 0.2) is 60.7 Å². The van der Waals surface area contributed by atoms with Crippen LogP contribution in [-0.4, -0.2) is 95.3 Å². The van der Waals surface area contributed by atoms with Crippen LogP contribution in [0.4, 0.5) is 0 Å². The normalized spacial score (nSPS) is 20.4. The number of hydrogen-bond donors (Lipinski definition) is 0. The molecule has 0 amide bonds. The fourth-order valence-corrected chi connectivity index (χ4v) is 8.73. The summed E-state index contributed by atoms with van der Waals surface area (Å²) < 4.78 is 77.4. The SMILES string of the molecule is O=S(=O)(CCCOc1ccccc1)N1CCC[C@H]1COCOC[C@@H]1CCCN1S(=O)(=O)CCCOc1ccccc1. The first-order chi connectivity index (χ1) is 19.9. The molecule has 228 valence electrons. The van der Waals surface area contributed by atoms with E-state index in [9.17, 15) is 16.8 Å². The molecule has 2 aliphatic heterocycles. The minimum atomic E-state index is -3.42. The van der Waals surface area contributed by atoms with Gasteiger partial charge in [0.15, 0.2) is 0 Å². The molecule has 0 spiro atoms. The maximum Gasteiger partial charge on any atom is 0.214 e. The number of ether oxygens (including phenoxy) is 4. The average molecular weight is 611 g/mol. The summed E-state index contributed by atoms with van der Waals surface area (Å²) in [7, 11) is -6.84. The maximum atomic E-state index is 12.9. The molecule has 0 bridgehead atoms. The zero-order chi connectivity index (χ0) is 29.0. The molecule has 0 aliphatic carbocycles. The first kappa shape index (κ1) is 31.7. The predicted octanol–water partition coefficient (Wildman–Crippen LogP) is 3.50. The van der Waals surface area contributed by atoms with Crippen LogP contribution >= 0.6 is 0 Å². The Kier molecular flexibility index (Phi) is 12.3. The Morgan fingerprint density at radius 1 is 0.634 bits per heavy atom. The van der Waals surface area contributed by atoms with Gasteiger partial charge in [0.2, 0.25) is 20.0 Å². The molecule has 2 aromatic carbocycles. The summed E-state index contributed by atoms with van der Waals surface area (Å²) in [6.07, 6.45) is 3.88. The second-order valence-electron chi connectivity index (χ2n) is 10.3. The van der Waals surface area contributed by atoms with Crippen molar-refractivity contribution < 1.29 is 35.8 Å². The van der Waals surface area contributed by atoms with Crippen molar-refractivity contribution in [3.8, 4) is 11.5 Å². The summed E-state index contributed by atoms with van der Waals surface area (Å²) in [5.74, 6) is 1.50. The van der Waals surface area contributed by atoms with E-state index in [0.717, 1.165) is 37.2 Å². The highest BCUT2D eigenvalue weighted by atomic mass is 32.2. The topological polar surface area (TPSA) is 112 Å². The Balaban J connectivity index is 1.12. The van der Waals surface area contributed by atoms with Crippen LogP contribution in [0.2, 0.25) is 0 Å². The maximum absolute atomic E-state index is 12.9. The molecular weight excluding hydrogens is 568 g/mol. The molecule has 0 saturated carbocycles. The van der Waals surface area contributed by atoms with E-state index in [1.807, 2.05) is 60.7 Å². The molecule has 12 heteroatoms. The summed E-state index contributed by atoms with van der Waals surface area (Å²) in [6.45, 7) is 2.12. The Bertz CT molecular complexity index is 1150. The molecule has 10 nitrogen and oxygen atoms in total. The van der Waals surface area contributed by atoms with Gasteiger partial charge in [0, 0.05) is 25.2 Å². The molecule has 0 unspecified atom stereocenters. The minimum Gasteiger partial charge on any atom is -0.494 e. The monoisotopic (exact) mass is 610 g/mol. The molecule has 41 heavy (non-hydrogen) atoms. The van der Waals surface area contributed by atoms with E-state index in [1.54, 1.807) is 8.61 Å². The molecule has 0 N–H and O–H groups in total. The molecule has 0 radical (unpaired) electrons. The van der Waals surface area contributed by atoms with Gasteiger partial charge in [0.1, 0.15) is 18.3 Å². The van der Waals surface area contributed by atoms with E-state index < -0.39 is 20.0 Å². The lowest BCUT2D eigenvalue weighted by Crippen LogP contribution is -2.41. The van der Waals surface area contributed by atoms with Crippen LogP contribution in [0.1, 0.15) is 38.5 Å². The highest BCUT2D eigenvalue weighted by Crippen LogP contribution is 2.24. The number of nitrogens with zero attached hydrogens (tertiary/aromatic N) is 2. The fraction of sp³-hybridized carbons (Fsp3) is 0.586. The first-order valence-corrected chi connectivity index (χ1v) is 17.6. The van der Waals surface area contributed by atoms with Crippen molar-refractivity contribution in [2.75, 3.05) is 57.8 Å². The number of sulfonamides is 2. The summed E-state index contributed by atoms with van der Waals surface area (Å²) >= 11 is 0. The zero-order valence-corrected chi connectivity index (χ0v) is 25.1. The Morgan fingerprint density at radius 3 is 1.46 bits per heavy atom. The van der Waals surface area contributed by atoms with Crippen molar-refractivity contribution in [1.29, 1.82) is 0 Å². The molecule has 2 aromatic rings. The van der Waals surface area contributed by atoms with Gasteiger partial charge in [0.25, 0.3) is 0 Å². The molecule has 2 saturated heterocycles. The lowest BCUT2D eigenvalue weighted by Gasteiger charge is -2.25. The molecule has 4 rings (SSSR count). The van der Waals surface area contributed by atoms with Crippen molar-refractivity contribution in [1.82, 2.24) is 8.61 Å². The van der Waals surface area contributed by atoms with Gasteiger partial charge in [-0.05, 0) is 62.8 Å². The van der Waals surface area contributed by atoms with Crippen LogP contribution in [0, 0.1) is 0 Å². The van der Waals surface area contributed by atoms with Gasteiger partial charge in [-0.2, -0.15) is 8.61 Å². The Morgan fingerprint density at radius 2 is 1.05 bits per heavy atom. The number of rotatable bonds is 18. The van der Waals surface area contributed by atoms with Gasteiger partial charge in [-0.1, -0.05) is 36.4 Å². The van der Waals surface area contributed by atoms with Crippen molar-refractivity contribution in [2.24, 2.45) is 0 Å². The van der Waals surface area contributed by atoms with Crippen molar-refractivity contribution in [2.45, 2.75) is 50.6 Å². The van der Waals surface area contributed by atoms with Gasteiger partial charge < -0.3 is 18.9 Å². The van der Waals surface area contributed by atoms with Gasteiger partial charge in [-0.3, -0.25) is 0 Å². The molecule has 0 aromatic heterocycles. The lowest BCUT2D eigenvalue weighted by molar-refractivity contribution is -0.0707. The molecule has 2 heterocycles. The van der Waals surface area contributed by atoms with Crippen LogP contribution in [-0.2, 0) is 29.5 Å². The second-order valence-corrected chi connectivity index (χ2v) is 14.4. The molecule has 2 fully saturated rings. The fourth-order valence-electron chi connectivity index (χ4n) is 5.24. The standard InChI is InChI=1S/C29H42N2O8S2/c32-40(33,21-9-19-38-28-13-3-1-4-14-28)30-17-7-11-26(30)23-36-25-37-24-27-12-8-18-31(27)41(34,35)22-10-20-39-29-15-5-2-6-16-29/h1-6,13-16,26-27H,7-12,17-25H2/t26-,27-/m0/s1. The number of benzene rings is 2. The largest absolute Gasteiger partial charge is 0.494 e. The minimum absolute atomic E-state index is 0.00932. The lowest BCUT2D eigenvalue weighted by atomic mass is 10.2. The van der Waals surface area contributed by atoms with Gasteiger partial charge in [-0.15, -0.1) is 0 Å². The van der Waals surface area contributed by atoms with Crippen LogP contribution < -0.4 is 9.47 Å². The van der Waals surface area contributed by atoms with Crippen molar-refractivity contribution in [3.05, 3.63) is 60.7 Å². The van der Waals surface area contributed by atoms with E-state index in [2.05, 4.69) is 0 Å². The highest BCUT2D eigenvalue weighted by molar-refractivity contribution is 7.89. The average Bonchev–Trinajstić information content (AvgIpc) is 3.65. The van der Waals surface area contributed by atoms with Gasteiger partial charge >= 0.3 is 0 Å². The Hall–Kier alpha value is -2.22.